The first kappa shape index (κ1) is 11.7. The molecule has 2 aromatic carbocycles. The van der Waals surface area contributed by atoms with Crippen LogP contribution in [-0.4, -0.2) is 0 Å². The molecule has 2 atom stereocenters. The maximum atomic E-state index is 2.36. The third-order valence-corrected chi connectivity index (χ3v) is 4.74. The van der Waals surface area contributed by atoms with Crippen LogP contribution >= 0.6 is 0 Å². The normalized spacial score (nSPS) is 23.1. The molecule has 0 spiro atoms. The molecule has 2 aliphatic rings. The first-order valence-corrected chi connectivity index (χ1v) is 7.30. The van der Waals surface area contributed by atoms with Gasteiger partial charge in [-0.25, -0.2) is 0 Å². The second kappa shape index (κ2) is 4.21. The summed E-state index contributed by atoms with van der Waals surface area (Å²) in [5, 5.41) is 0. The van der Waals surface area contributed by atoms with E-state index in [1.54, 1.807) is 0 Å². The van der Waals surface area contributed by atoms with E-state index in [1.165, 1.54) is 33.4 Å². The van der Waals surface area contributed by atoms with Gasteiger partial charge in [0.25, 0.3) is 0 Å². The van der Waals surface area contributed by atoms with Gasteiger partial charge in [-0.1, -0.05) is 71.8 Å². The molecule has 2 aliphatic carbocycles. The Bertz CT molecular complexity index is 681. The topological polar surface area (TPSA) is 0 Å². The Hall–Kier alpha value is -2.08. The molecular formula is C20H18. The largest absolute Gasteiger partial charge is 0.0643 e. The first-order valence-electron chi connectivity index (χ1n) is 7.30. The maximum Gasteiger partial charge on any atom is 0.0161 e. The quantitative estimate of drug-likeness (QED) is 0.643. The zero-order chi connectivity index (χ0) is 13.7. The monoisotopic (exact) mass is 258 g/mol. The fourth-order valence-electron chi connectivity index (χ4n) is 3.90. The number of rotatable bonds is 1. The highest BCUT2D eigenvalue weighted by Gasteiger charge is 2.35. The Morgan fingerprint density at radius 2 is 1.00 bits per heavy atom. The molecule has 0 aliphatic heterocycles. The molecule has 0 heteroatoms. The van der Waals surface area contributed by atoms with Crippen LogP contribution in [0.25, 0.3) is 12.2 Å². The lowest BCUT2D eigenvalue weighted by Crippen LogP contribution is -2.10. The fraction of sp³-hybridized carbons (Fsp3) is 0.200. The third-order valence-electron chi connectivity index (χ3n) is 4.74. The second-order valence-electron chi connectivity index (χ2n) is 5.99. The molecule has 0 fully saturated rings. The van der Waals surface area contributed by atoms with E-state index in [0.29, 0.717) is 11.8 Å². The minimum Gasteiger partial charge on any atom is -0.0643 e. The van der Waals surface area contributed by atoms with Crippen molar-refractivity contribution in [1.29, 1.82) is 0 Å². The van der Waals surface area contributed by atoms with E-state index >= 15 is 0 Å². The molecule has 0 nitrogen and oxygen atoms in total. The van der Waals surface area contributed by atoms with Crippen LogP contribution in [0.5, 0.6) is 0 Å². The van der Waals surface area contributed by atoms with Gasteiger partial charge in [-0.3, -0.25) is 0 Å². The van der Waals surface area contributed by atoms with Gasteiger partial charge in [-0.15, -0.1) is 0 Å². The molecule has 0 saturated carbocycles. The van der Waals surface area contributed by atoms with E-state index in [9.17, 15) is 0 Å². The van der Waals surface area contributed by atoms with Crippen molar-refractivity contribution < 1.29 is 0 Å². The molecule has 0 radical (unpaired) electrons. The lowest BCUT2D eigenvalue weighted by atomic mass is 9.78. The van der Waals surface area contributed by atoms with Crippen LogP contribution in [-0.2, 0) is 0 Å². The Morgan fingerprint density at radius 1 is 0.600 bits per heavy atom. The summed E-state index contributed by atoms with van der Waals surface area (Å²) in [6.45, 7) is 4.55. The van der Waals surface area contributed by atoms with Crippen molar-refractivity contribution in [3.63, 3.8) is 0 Å². The van der Waals surface area contributed by atoms with Gasteiger partial charge in [0.1, 0.15) is 0 Å². The maximum absolute atomic E-state index is 2.36. The summed E-state index contributed by atoms with van der Waals surface area (Å²) in [5.74, 6) is 1.01. The highest BCUT2D eigenvalue weighted by Crippen LogP contribution is 2.51. The average molecular weight is 258 g/mol. The third kappa shape index (κ3) is 1.54. The van der Waals surface area contributed by atoms with Gasteiger partial charge in [0.15, 0.2) is 0 Å². The van der Waals surface area contributed by atoms with Crippen LogP contribution in [0.3, 0.4) is 0 Å². The Labute approximate surface area is 120 Å². The fourth-order valence-corrected chi connectivity index (χ4v) is 3.90. The van der Waals surface area contributed by atoms with Crippen LogP contribution in [0.4, 0.5) is 0 Å². The molecule has 0 heterocycles. The van der Waals surface area contributed by atoms with Gasteiger partial charge in [0.05, 0.1) is 0 Å². The number of hydrogen-bond acceptors (Lipinski definition) is 0. The van der Waals surface area contributed by atoms with Crippen molar-refractivity contribution in [2.75, 3.05) is 0 Å². The Kier molecular flexibility index (Phi) is 2.47. The predicted octanol–water partition coefficient (Wildman–Crippen LogP) is 5.39. The lowest BCUT2D eigenvalue weighted by Gasteiger charge is -2.25. The van der Waals surface area contributed by atoms with Crippen molar-refractivity contribution >= 4 is 12.2 Å². The first-order chi connectivity index (χ1) is 9.75. The molecule has 20 heavy (non-hydrogen) atoms. The highest BCUT2D eigenvalue weighted by molar-refractivity contribution is 5.72. The zero-order valence-electron chi connectivity index (χ0n) is 11.9. The molecule has 0 amide bonds. The van der Waals surface area contributed by atoms with Crippen molar-refractivity contribution in [1.82, 2.24) is 0 Å². The molecule has 2 aromatic rings. The van der Waals surface area contributed by atoms with E-state index in [1.807, 2.05) is 0 Å². The summed E-state index contributed by atoms with van der Waals surface area (Å²) in [6.07, 6.45) is 4.71. The standard InChI is InChI=1S/C20H18/c1-13-11-15-7-3-5-9-17(15)19(13)20-14(2)12-16-8-4-6-10-18(16)20/h3-12,19-20H,1-2H3. The lowest BCUT2D eigenvalue weighted by molar-refractivity contribution is 0.692. The summed E-state index contributed by atoms with van der Waals surface area (Å²) in [4.78, 5) is 0. The van der Waals surface area contributed by atoms with Gasteiger partial charge in [-0.05, 0) is 36.1 Å². The van der Waals surface area contributed by atoms with Gasteiger partial charge in [0, 0.05) is 11.8 Å². The molecule has 0 bridgehead atoms. The Morgan fingerprint density at radius 3 is 1.45 bits per heavy atom. The van der Waals surface area contributed by atoms with Crippen LogP contribution < -0.4 is 0 Å². The summed E-state index contributed by atoms with van der Waals surface area (Å²) in [6, 6.07) is 17.7. The van der Waals surface area contributed by atoms with Crippen LogP contribution in [0.1, 0.15) is 47.9 Å². The molecule has 98 valence electrons. The molecule has 0 saturated heterocycles. The van der Waals surface area contributed by atoms with E-state index in [0.717, 1.165) is 0 Å². The molecule has 0 aromatic heterocycles. The van der Waals surface area contributed by atoms with Gasteiger partial charge in [-0.2, -0.15) is 0 Å². The van der Waals surface area contributed by atoms with Crippen molar-refractivity contribution in [2.24, 2.45) is 0 Å². The Balaban J connectivity index is 1.87. The minimum absolute atomic E-state index is 0.506. The highest BCUT2D eigenvalue weighted by atomic mass is 14.4. The predicted molar refractivity (Wildman–Crippen MR) is 85.7 cm³/mol. The molecule has 0 N–H and O–H groups in total. The summed E-state index contributed by atoms with van der Waals surface area (Å²) < 4.78 is 0. The number of benzene rings is 2. The number of hydrogen-bond donors (Lipinski definition) is 0. The average Bonchev–Trinajstić information content (AvgIpc) is 2.94. The van der Waals surface area contributed by atoms with E-state index in [4.69, 9.17) is 0 Å². The van der Waals surface area contributed by atoms with Gasteiger partial charge in [0.2, 0.25) is 0 Å². The van der Waals surface area contributed by atoms with Gasteiger partial charge < -0.3 is 0 Å². The summed E-state index contributed by atoms with van der Waals surface area (Å²) in [7, 11) is 0. The van der Waals surface area contributed by atoms with Crippen molar-refractivity contribution in [2.45, 2.75) is 25.7 Å². The van der Waals surface area contributed by atoms with Gasteiger partial charge >= 0.3 is 0 Å². The van der Waals surface area contributed by atoms with Crippen molar-refractivity contribution in [3.05, 3.63) is 81.9 Å². The molecular weight excluding hydrogens is 240 g/mol. The summed E-state index contributed by atoms with van der Waals surface area (Å²) >= 11 is 0. The SMILES string of the molecule is CC1=Cc2ccccc2C1C1C(C)=Cc2ccccc21. The number of allylic oxidation sites excluding steroid dienone is 2. The summed E-state index contributed by atoms with van der Waals surface area (Å²) in [5.41, 5.74) is 8.74. The van der Waals surface area contributed by atoms with Crippen LogP contribution in [0, 0.1) is 0 Å². The second-order valence-corrected chi connectivity index (χ2v) is 5.99. The van der Waals surface area contributed by atoms with Crippen molar-refractivity contribution in [3.8, 4) is 0 Å². The van der Waals surface area contributed by atoms with Crippen LogP contribution in [0.15, 0.2) is 59.7 Å². The zero-order valence-corrected chi connectivity index (χ0v) is 11.9. The van der Waals surface area contributed by atoms with E-state index in [-0.39, 0.29) is 0 Å². The van der Waals surface area contributed by atoms with E-state index in [2.05, 4.69) is 74.5 Å². The number of fused-ring (bicyclic) bond motifs is 2. The molecule has 2 unspecified atom stereocenters. The van der Waals surface area contributed by atoms with Crippen LogP contribution in [0.2, 0.25) is 0 Å². The van der Waals surface area contributed by atoms with E-state index < -0.39 is 0 Å². The minimum atomic E-state index is 0.506. The molecule has 4 rings (SSSR count). The smallest absolute Gasteiger partial charge is 0.0161 e.